The van der Waals surface area contributed by atoms with E-state index in [1.54, 1.807) is 18.2 Å². The van der Waals surface area contributed by atoms with Gasteiger partial charge in [-0.3, -0.25) is 4.90 Å². The van der Waals surface area contributed by atoms with Gasteiger partial charge in [-0.2, -0.15) is 4.31 Å². The highest BCUT2D eigenvalue weighted by Gasteiger charge is 2.39. The molecule has 21 heavy (non-hydrogen) atoms. The molecular weight excluding hydrogens is 290 g/mol. The molecule has 120 valence electrons. The van der Waals surface area contributed by atoms with Crippen molar-refractivity contribution in [1.82, 2.24) is 9.21 Å². The lowest BCUT2D eigenvalue weighted by Gasteiger charge is -2.44. The van der Waals surface area contributed by atoms with E-state index >= 15 is 0 Å². The molecule has 0 saturated carbocycles. The lowest BCUT2D eigenvalue weighted by Crippen LogP contribution is -2.58. The fourth-order valence-electron chi connectivity index (χ4n) is 2.81. The van der Waals surface area contributed by atoms with Crippen LogP contribution in [-0.4, -0.2) is 49.8 Å². The summed E-state index contributed by atoms with van der Waals surface area (Å²) < 4.78 is 33.0. The maximum absolute atomic E-state index is 13.0. The summed E-state index contributed by atoms with van der Waals surface area (Å²) in [6.45, 7) is 9.34. The highest BCUT2D eigenvalue weighted by molar-refractivity contribution is 7.89. The number of nitrogens with two attached hydrogens (primary N) is 1. The number of rotatable bonds is 3. The van der Waals surface area contributed by atoms with E-state index in [0.717, 1.165) is 0 Å². The van der Waals surface area contributed by atoms with Crippen LogP contribution < -0.4 is 5.73 Å². The molecule has 6 nitrogen and oxygen atoms in total. The fourth-order valence-corrected chi connectivity index (χ4v) is 4.82. The number of nitrogens with zero attached hydrogens (tertiary/aromatic N) is 2. The average molecular weight is 315 g/mol. The molecule has 1 aromatic heterocycles. The third-order valence-corrected chi connectivity index (χ3v) is 6.45. The van der Waals surface area contributed by atoms with Crippen molar-refractivity contribution in [1.29, 1.82) is 0 Å². The first-order valence-corrected chi connectivity index (χ1v) is 8.55. The maximum Gasteiger partial charge on any atom is 0.246 e. The van der Waals surface area contributed by atoms with Crippen LogP contribution in [0.2, 0.25) is 0 Å². The molecular formula is C14H25N3O3S. The Labute approximate surface area is 126 Å². The van der Waals surface area contributed by atoms with E-state index < -0.39 is 10.0 Å². The minimum Gasteiger partial charge on any atom is -0.465 e. The summed E-state index contributed by atoms with van der Waals surface area (Å²) in [4.78, 5) is 2.43. The average Bonchev–Trinajstić information content (AvgIpc) is 2.67. The molecule has 0 aliphatic carbocycles. The van der Waals surface area contributed by atoms with Gasteiger partial charge in [0.15, 0.2) is 0 Å². The largest absolute Gasteiger partial charge is 0.465 e. The number of likely N-dealkylation sites (N-methyl/N-ethyl adjacent to an activating group) is 1. The van der Waals surface area contributed by atoms with Crippen molar-refractivity contribution in [3.63, 3.8) is 0 Å². The molecule has 7 heteroatoms. The molecule has 0 unspecified atom stereocenters. The molecule has 0 aromatic carbocycles. The second-order valence-corrected chi connectivity index (χ2v) is 8.17. The summed E-state index contributed by atoms with van der Waals surface area (Å²) in [5.41, 5.74) is 6.11. The molecule has 1 aromatic rings. The van der Waals surface area contributed by atoms with Gasteiger partial charge in [-0.1, -0.05) is 0 Å². The van der Waals surface area contributed by atoms with E-state index in [2.05, 4.69) is 4.90 Å². The van der Waals surface area contributed by atoms with Crippen LogP contribution in [-0.2, 0) is 16.6 Å². The van der Waals surface area contributed by atoms with E-state index in [9.17, 15) is 8.42 Å². The molecule has 0 atom stereocenters. The normalized spacial score (nSPS) is 20.9. The van der Waals surface area contributed by atoms with Gasteiger partial charge >= 0.3 is 0 Å². The van der Waals surface area contributed by atoms with Crippen LogP contribution in [0.15, 0.2) is 9.31 Å². The van der Waals surface area contributed by atoms with E-state index in [0.29, 0.717) is 36.7 Å². The van der Waals surface area contributed by atoms with Crippen molar-refractivity contribution in [2.75, 3.05) is 26.7 Å². The molecule has 2 N–H and O–H groups in total. The van der Waals surface area contributed by atoms with Gasteiger partial charge in [-0.15, -0.1) is 0 Å². The highest BCUT2D eigenvalue weighted by atomic mass is 32.2. The van der Waals surface area contributed by atoms with Gasteiger partial charge in [0, 0.05) is 37.3 Å². The van der Waals surface area contributed by atoms with E-state index in [4.69, 9.17) is 10.2 Å². The van der Waals surface area contributed by atoms with Crippen molar-refractivity contribution < 1.29 is 12.8 Å². The molecule has 0 radical (unpaired) electrons. The maximum atomic E-state index is 13.0. The second kappa shape index (κ2) is 5.39. The predicted molar refractivity (Wildman–Crippen MR) is 81.5 cm³/mol. The van der Waals surface area contributed by atoms with Gasteiger partial charge in [0.05, 0.1) is 0 Å². The third-order valence-electron chi connectivity index (χ3n) is 4.41. The summed E-state index contributed by atoms with van der Waals surface area (Å²) in [5, 5.41) is 0. The molecule has 0 bridgehead atoms. The van der Waals surface area contributed by atoms with Gasteiger partial charge in [-0.05, 0) is 34.7 Å². The molecule has 1 fully saturated rings. The summed E-state index contributed by atoms with van der Waals surface area (Å²) >= 11 is 0. The van der Waals surface area contributed by atoms with Crippen LogP contribution in [0.1, 0.15) is 30.9 Å². The van der Waals surface area contributed by atoms with E-state index in [1.165, 1.54) is 0 Å². The van der Waals surface area contributed by atoms with Crippen molar-refractivity contribution in [2.24, 2.45) is 5.73 Å². The highest BCUT2D eigenvalue weighted by Crippen LogP contribution is 2.31. The summed E-state index contributed by atoms with van der Waals surface area (Å²) in [6, 6.07) is 0. The molecule has 2 heterocycles. The lowest BCUT2D eigenvalue weighted by molar-refractivity contribution is 0.0801. The monoisotopic (exact) mass is 315 g/mol. The molecule has 0 spiro atoms. The third kappa shape index (κ3) is 2.75. The van der Waals surface area contributed by atoms with Crippen LogP contribution >= 0.6 is 0 Å². The Kier molecular flexibility index (Phi) is 4.23. The van der Waals surface area contributed by atoms with Gasteiger partial charge in [-0.25, -0.2) is 8.42 Å². The van der Waals surface area contributed by atoms with Crippen molar-refractivity contribution >= 4 is 10.0 Å². The summed E-state index contributed by atoms with van der Waals surface area (Å²) in [6.07, 6.45) is 0. The Bertz CT molecular complexity index is 634. The zero-order valence-electron chi connectivity index (χ0n) is 13.4. The van der Waals surface area contributed by atoms with Crippen molar-refractivity contribution in [3.05, 3.63) is 17.1 Å². The van der Waals surface area contributed by atoms with Gasteiger partial charge in [0.1, 0.15) is 16.4 Å². The summed E-state index contributed by atoms with van der Waals surface area (Å²) in [7, 11) is -1.56. The Morgan fingerprint density at radius 1 is 1.24 bits per heavy atom. The topological polar surface area (TPSA) is 79.8 Å². The Morgan fingerprint density at radius 2 is 1.86 bits per heavy atom. The second-order valence-electron chi connectivity index (χ2n) is 6.30. The minimum absolute atomic E-state index is 0.162. The first kappa shape index (κ1) is 16.5. The van der Waals surface area contributed by atoms with Gasteiger partial charge < -0.3 is 10.2 Å². The minimum atomic E-state index is -3.58. The molecule has 2 rings (SSSR count). The Morgan fingerprint density at radius 3 is 2.38 bits per heavy atom. The first-order valence-electron chi connectivity index (χ1n) is 7.11. The van der Waals surface area contributed by atoms with Crippen LogP contribution in [0.4, 0.5) is 0 Å². The van der Waals surface area contributed by atoms with Crippen LogP contribution in [0.25, 0.3) is 0 Å². The standard InChI is InChI=1S/C14H25N3O3S/c1-10-12(8-15)13(11(2)20-10)21(18,19)17-7-6-16(5)14(3,4)9-17/h6-9,15H2,1-5H3. The summed E-state index contributed by atoms with van der Waals surface area (Å²) in [5.74, 6) is 1.01. The molecule has 1 saturated heterocycles. The van der Waals surface area contributed by atoms with Crippen molar-refractivity contribution in [3.8, 4) is 0 Å². The number of sulfonamides is 1. The van der Waals surface area contributed by atoms with Gasteiger partial charge in [0.2, 0.25) is 10.0 Å². The number of furan rings is 1. The van der Waals surface area contributed by atoms with Crippen LogP contribution in [0.5, 0.6) is 0 Å². The SMILES string of the molecule is Cc1oc(C)c(S(=O)(=O)N2CCN(C)C(C)(C)C2)c1CN. The van der Waals surface area contributed by atoms with Crippen molar-refractivity contribution in [2.45, 2.75) is 44.7 Å². The van der Waals surface area contributed by atoms with Crippen LogP contribution in [0, 0.1) is 13.8 Å². The Balaban J connectivity index is 2.44. The zero-order valence-corrected chi connectivity index (χ0v) is 14.2. The smallest absolute Gasteiger partial charge is 0.246 e. The zero-order chi connectivity index (χ0) is 16.0. The van der Waals surface area contributed by atoms with E-state index in [1.807, 2.05) is 20.9 Å². The van der Waals surface area contributed by atoms with Gasteiger partial charge in [0.25, 0.3) is 0 Å². The van der Waals surface area contributed by atoms with E-state index in [-0.39, 0.29) is 17.0 Å². The number of aryl methyl sites for hydroxylation is 2. The molecule has 1 aliphatic rings. The number of piperazine rings is 1. The molecule has 0 amide bonds. The number of hydrogen-bond acceptors (Lipinski definition) is 5. The lowest BCUT2D eigenvalue weighted by atomic mass is 10.0. The van der Waals surface area contributed by atoms with Crippen LogP contribution in [0.3, 0.4) is 0 Å². The fraction of sp³-hybridized carbons (Fsp3) is 0.714. The Hall–Kier alpha value is -0.890. The molecule has 1 aliphatic heterocycles. The first-order chi connectivity index (χ1) is 9.61. The quantitative estimate of drug-likeness (QED) is 0.902. The number of hydrogen-bond donors (Lipinski definition) is 1. The predicted octanol–water partition coefficient (Wildman–Crippen LogP) is 1.07.